The summed E-state index contributed by atoms with van der Waals surface area (Å²) in [4.78, 5) is 7.07. The number of guanidine groups is 1. The highest BCUT2D eigenvalue weighted by Crippen LogP contribution is 2.17. The van der Waals surface area contributed by atoms with E-state index in [0.29, 0.717) is 12.0 Å². The number of nitrogens with two attached hydrogens (primary N) is 1. The lowest BCUT2D eigenvalue weighted by Crippen LogP contribution is -2.41. The predicted molar refractivity (Wildman–Crippen MR) is 101 cm³/mol. The monoisotopic (exact) mass is 408 g/mol. The highest BCUT2D eigenvalue weighted by atomic mass is 127. The molecular weight excluding hydrogens is 375 g/mol. The van der Waals surface area contributed by atoms with E-state index in [0.717, 1.165) is 13.0 Å². The van der Waals surface area contributed by atoms with Crippen LogP contribution in [-0.2, 0) is 0 Å². The topological polar surface area (TPSA) is 53.6 Å². The summed E-state index contributed by atoms with van der Waals surface area (Å²) >= 11 is 0. The number of rotatable bonds is 5. The normalized spacial score (nSPS) is 22.4. The Morgan fingerprint density at radius 3 is 2.29 bits per heavy atom. The van der Waals surface area contributed by atoms with Crippen LogP contribution in [0.4, 0.5) is 0 Å². The zero-order valence-corrected chi connectivity index (χ0v) is 15.7. The van der Waals surface area contributed by atoms with Gasteiger partial charge in [0.1, 0.15) is 0 Å². The first-order chi connectivity index (χ1) is 9.84. The predicted octanol–water partition coefficient (Wildman–Crippen LogP) is 3.11. The Hall–Kier alpha value is -0.0400. The van der Waals surface area contributed by atoms with E-state index >= 15 is 0 Å². The van der Waals surface area contributed by atoms with E-state index in [4.69, 9.17) is 5.73 Å². The van der Waals surface area contributed by atoms with Gasteiger partial charge in [0.25, 0.3) is 0 Å². The molecule has 3 N–H and O–H groups in total. The molecule has 21 heavy (non-hydrogen) atoms. The summed E-state index contributed by atoms with van der Waals surface area (Å²) in [6.07, 6.45) is 13.2. The lowest BCUT2D eigenvalue weighted by atomic mass is 9.96. The van der Waals surface area contributed by atoms with Crippen molar-refractivity contribution in [3.63, 3.8) is 0 Å². The zero-order valence-electron chi connectivity index (χ0n) is 13.4. The summed E-state index contributed by atoms with van der Waals surface area (Å²) in [5.41, 5.74) is 5.97. The quantitative estimate of drug-likeness (QED) is 0.318. The van der Waals surface area contributed by atoms with E-state index in [1.165, 1.54) is 77.4 Å². The minimum Gasteiger partial charge on any atom is -0.370 e. The average Bonchev–Trinajstić information content (AvgIpc) is 2.73. The molecular formula is C16H33IN4. The van der Waals surface area contributed by atoms with Crippen molar-refractivity contribution in [2.45, 2.75) is 70.3 Å². The molecule has 1 saturated heterocycles. The van der Waals surface area contributed by atoms with Gasteiger partial charge in [-0.1, -0.05) is 32.1 Å². The molecule has 124 valence electrons. The largest absolute Gasteiger partial charge is 0.370 e. The Bertz CT molecular complexity index is 282. The van der Waals surface area contributed by atoms with Crippen LogP contribution in [0, 0.1) is 0 Å². The fourth-order valence-corrected chi connectivity index (χ4v) is 3.36. The Morgan fingerprint density at radius 1 is 1.00 bits per heavy atom. The highest BCUT2D eigenvalue weighted by Gasteiger charge is 2.13. The first-order valence-corrected chi connectivity index (χ1v) is 8.63. The molecule has 0 bridgehead atoms. The second kappa shape index (κ2) is 11.5. The highest BCUT2D eigenvalue weighted by molar-refractivity contribution is 14.0. The van der Waals surface area contributed by atoms with E-state index < -0.39 is 0 Å². The molecule has 1 heterocycles. The maximum Gasteiger partial charge on any atom is 0.188 e. The molecule has 2 rings (SSSR count). The van der Waals surface area contributed by atoms with Gasteiger partial charge >= 0.3 is 0 Å². The number of halogens is 1. The second-order valence-corrected chi connectivity index (χ2v) is 6.36. The van der Waals surface area contributed by atoms with Crippen LogP contribution in [0.3, 0.4) is 0 Å². The van der Waals surface area contributed by atoms with Crippen LogP contribution in [0.5, 0.6) is 0 Å². The molecule has 0 aromatic rings. The van der Waals surface area contributed by atoms with Gasteiger partial charge in [0, 0.05) is 12.6 Å². The molecule has 0 aromatic heterocycles. The minimum atomic E-state index is 0. The molecule has 2 aliphatic rings. The van der Waals surface area contributed by atoms with Crippen LogP contribution >= 0.6 is 24.0 Å². The molecule has 1 saturated carbocycles. The van der Waals surface area contributed by atoms with E-state index in [1.54, 1.807) is 0 Å². The SMILES string of the molecule is I.NC(=NCCCN1CCCCCC1)NC1CCCCC1. The summed E-state index contributed by atoms with van der Waals surface area (Å²) in [5, 5.41) is 3.38. The van der Waals surface area contributed by atoms with Crippen molar-refractivity contribution in [3.8, 4) is 0 Å². The summed E-state index contributed by atoms with van der Waals surface area (Å²) in [6.45, 7) is 4.60. The first-order valence-electron chi connectivity index (χ1n) is 8.63. The van der Waals surface area contributed by atoms with Crippen LogP contribution in [0.1, 0.15) is 64.2 Å². The number of likely N-dealkylation sites (tertiary alicyclic amines) is 1. The molecule has 0 atom stereocenters. The van der Waals surface area contributed by atoms with E-state index in [-0.39, 0.29) is 24.0 Å². The van der Waals surface area contributed by atoms with Gasteiger partial charge in [-0.15, -0.1) is 24.0 Å². The first kappa shape index (κ1) is 19.0. The molecule has 5 heteroatoms. The fraction of sp³-hybridized carbons (Fsp3) is 0.938. The van der Waals surface area contributed by atoms with Crippen LogP contribution < -0.4 is 11.1 Å². The maximum atomic E-state index is 5.97. The Balaban J connectivity index is 0.00000220. The number of nitrogens with zero attached hydrogens (tertiary/aromatic N) is 2. The van der Waals surface area contributed by atoms with Crippen LogP contribution in [0.25, 0.3) is 0 Å². The molecule has 0 amide bonds. The third-order valence-electron chi connectivity index (χ3n) is 4.57. The lowest BCUT2D eigenvalue weighted by molar-refractivity contribution is 0.283. The number of aliphatic imine (C=N–C) groups is 1. The number of hydrogen-bond acceptors (Lipinski definition) is 2. The molecule has 2 fully saturated rings. The molecule has 1 aliphatic carbocycles. The van der Waals surface area contributed by atoms with E-state index in [1.807, 2.05) is 0 Å². The zero-order chi connectivity index (χ0) is 14.0. The Labute approximate surface area is 147 Å². The van der Waals surface area contributed by atoms with Crippen LogP contribution in [0.15, 0.2) is 4.99 Å². The smallest absolute Gasteiger partial charge is 0.188 e. The van der Waals surface area contributed by atoms with Gasteiger partial charge in [0.05, 0.1) is 0 Å². The van der Waals surface area contributed by atoms with Crippen LogP contribution in [-0.4, -0.2) is 43.1 Å². The summed E-state index contributed by atoms with van der Waals surface area (Å²) in [5.74, 6) is 0.660. The van der Waals surface area contributed by atoms with Crippen molar-refractivity contribution in [3.05, 3.63) is 0 Å². The van der Waals surface area contributed by atoms with Crippen LogP contribution in [0.2, 0.25) is 0 Å². The second-order valence-electron chi connectivity index (χ2n) is 6.36. The van der Waals surface area contributed by atoms with E-state index in [9.17, 15) is 0 Å². The number of hydrogen-bond donors (Lipinski definition) is 2. The summed E-state index contributed by atoms with van der Waals surface area (Å²) in [7, 11) is 0. The summed E-state index contributed by atoms with van der Waals surface area (Å²) < 4.78 is 0. The van der Waals surface area contributed by atoms with Crippen molar-refractivity contribution < 1.29 is 0 Å². The molecule has 0 radical (unpaired) electrons. The van der Waals surface area contributed by atoms with Gasteiger partial charge < -0.3 is 16.0 Å². The molecule has 0 aromatic carbocycles. The van der Waals surface area contributed by atoms with Gasteiger partial charge in [-0.2, -0.15) is 0 Å². The van der Waals surface area contributed by atoms with Gasteiger partial charge in [0.2, 0.25) is 0 Å². The average molecular weight is 408 g/mol. The van der Waals surface area contributed by atoms with Crippen molar-refractivity contribution in [2.24, 2.45) is 10.7 Å². The number of nitrogens with one attached hydrogen (secondary N) is 1. The van der Waals surface area contributed by atoms with Gasteiger partial charge in [-0.3, -0.25) is 4.99 Å². The van der Waals surface area contributed by atoms with Crippen molar-refractivity contribution in [2.75, 3.05) is 26.2 Å². The molecule has 0 spiro atoms. The third-order valence-corrected chi connectivity index (χ3v) is 4.57. The summed E-state index contributed by atoms with van der Waals surface area (Å²) in [6, 6.07) is 0.568. The van der Waals surface area contributed by atoms with Crippen molar-refractivity contribution >= 4 is 29.9 Å². The van der Waals surface area contributed by atoms with Gasteiger partial charge in [-0.05, 0) is 51.7 Å². The molecule has 0 unspecified atom stereocenters. The van der Waals surface area contributed by atoms with Gasteiger partial charge in [0.15, 0.2) is 5.96 Å². The molecule has 1 aliphatic heterocycles. The van der Waals surface area contributed by atoms with E-state index in [2.05, 4.69) is 15.2 Å². The Kier molecular flexibility index (Phi) is 10.4. The standard InChI is InChI=1S/C16H32N4.HI/c17-16(19-15-9-4-3-5-10-15)18-11-8-14-20-12-6-1-2-7-13-20;/h15H,1-14H2,(H3,17,18,19);1H. The lowest BCUT2D eigenvalue weighted by Gasteiger charge is -2.23. The van der Waals surface area contributed by atoms with Gasteiger partial charge in [-0.25, -0.2) is 0 Å². The minimum absolute atomic E-state index is 0. The van der Waals surface area contributed by atoms with Crippen molar-refractivity contribution in [1.29, 1.82) is 0 Å². The molecule has 4 nitrogen and oxygen atoms in total. The Morgan fingerprint density at radius 2 is 1.62 bits per heavy atom. The third kappa shape index (κ3) is 8.24. The fourth-order valence-electron chi connectivity index (χ4n) is 3.36. The van der Waals surface area contributed by atoms with Crippen molar-refractivity contribution in [1.82, 2.24) is 10.2 Å². The maximum absolute atomic E-state index is 5.97.